The van der Waals surface area contributed by atoms with Gasteiger partial charge in [0, 0.05) is 19.2 Å². The van der Waals surface area contributed by atoms with Crippen molar-refractivity contribution >= 4 is 5.91 Å². The first-order valence-corrected chi connectivity index (χ1v) is 7.77. The van der Waals surface area contributed by atoms with Crippen LogP contribution in [0.1, 0.15) is 47.9 Å². The standard InChI is InChI=1S/C15H21N5O3/c1-9(2)6-11-7-12(18-17-11)15(21)20-4-5-22-8-13(20)14-19-16-10(3)23-14/h7,9,13H,4-6,8H2,1-3H3,(H,17,18). The minimum Gasteiger partial charge on any atom is -0.423 e. The number of ether oxygens (including phenoxy) is 1. The first kappa shape index (κ1) is 15.7. The molecule has 1 aliphatic heterocycles. The Bertz CT molecular complexity index is 678. The highest BCUT2D eigenvalue weighted by Gasteiger charge is 2.34. The second-order valence-corrected chi connectivity index (χ2v) is 6.12. The summed E-state index contributed by atoms with van der Waals surface area (Å²) in [6.45, 7) is 7.27. The smallest absolute Gasteiger partial charge is 0.275 e. The largest absolute Gasteiger partial charge is 0.423 e. The maximum Gasteiger partial charge on any atom is 0.275 e. The molecule has 2 aromatic rings. The molecular weight excluding hydrogens is 298 g/mol. The number of aromatic nitrogens is 4. The zero-order valence-electron chi connectivity index (χ0n) is 13.6. The lowest BCUT2D eigenvalue weighted by Crippen LogP contribution is -2.43. The van der Waals surface area contributed by atoms with E-state index in [0.717, 1.165) is 12.1 Å². The van der Waals surface area contributed by atoms with Crippen molar-refractivity contribution in [3.8, 4) is 0 Å². The average molecular weight is 319 g/mol. The van der Waals surface area contributed by atoms with Gasteiger partial charge in [0.15, 0.2) is 0 Å². The predicted molar refractivity (Wildman–Crippen MR) is 80.8 cm³/mol. The lowest BCUT2D eigenvalue weighted by Gasteiger charge is -2.32. The van der Waals surface area contributed by atoms with E-state index >= 15 is 0 Å². The Morgan fingerprint density at radius 1 is 1.48 bits per heavy atom. The Kier molecular flexibility index (Phi) is 4.42. The zero-order valence-corrected chi connectivity index (χ0v) is 13.6. The Morgan fingerprint density at radius 3 is 3.00 bits per heavy atom. The van der Waals surface area contributed by atoms with Crippen molar-refractivity contribution in [3.05, 3.63) is 29.2 Å². The zero-order chi connectivity index (χ0) is 16.4. The number of H-pyrrole nitrogens is 1. The van der Waals surface area contributed by atoms with E-state index in [9.17, 15) is 4.79 Å². The van der Waals surface area contributed by atoms with Crippen LogP contribution in [0.25, 0.3) is 0 Å². The SMILES string of the molecule is Cc1nnc(C2COCCN2C(=O)c2cc(CC(C)C)[nH]n2)o1. The van der Waals surface area contributed by atoms with Gasteiger partial charge >= 0.3 is 0 Å². The summed E-state index contributed by atoms with van der Waals surface area (Å²) in [5.74, 6) is 1.21. The quantitative estimate of drug-likeness (QED) is 0.917. The van der Waals surface area contributed by atoms with E-state index in [4.69, 9.17) is 9.15 Å². The molecule has 3 rings (SSSR count). The van der Waals surface area contributed by atoms with Crippen LogP contribution in [0.2, 0.25) is 0 Å². The molecule has 0 bridgehead atoms. The van der Waals surface area contributed by atoms with Gasteiger partial charge in [0.1, 0.15) is 11.7 Å². The number of nitrogens with one attached hydrogen (secondary N) is 1. The number of hydrogen-bond acceptors (Lipinski definition) is 6. The van der Waals surface area contributed by atoms with Crippen LogP contribution in [0.3, 0.4) is 0 Å². The fraction of sp³-hybridized carbons (Fsp3) is 0.600. The molecule has 0 saturated carbocycles. The van der Waals surface area contributed by atoms with Gasteiger partial charge in [-0.2, -0.15) is 5.10 Å². The Balaban J connectivity index is 1.79. The summed E-state index contributed by atoms with van der Waals surface area (Å²) >= 11 is 0. The monoisotopic (exact) mass is 319 g/mol. The van der Waals surface area contributed by atoms with E-state index in [-0.39, 0.29) is 11.9 Å². The third-order valence-corrected chi connectivity index (χ3v) is 3.69. The van der Waals surface area contributed by atoms with Crippen molar-refractivity contribution in [1.29, 1.82) is 0 Å². The second-order valence-electron chi connectivity index (χ2n) is 6.12. The number of morpholine rings is 1. The highest BCUT2D eigenvalue weighted by molar-refractivity contribution is 5.92. The van der Waals surface area contributed by atoms with Crippen molar-refractivity contribution in [1.82, 2.24) is 25.3 Å². The maximum absolute atomic E-state index is 12.8. The van der Waals surface area contributed by atoms with Crippen LogP contribution in [-0.4, -0.2) is 51.0 Å². The molecule has 124 valence electrons. The molecule has 1 saturated heterocycles. The molecule has 0 aliphatic carbocycles. The van der Waals surface area contributed by atoms with Gasteiger partial charge in [-0.1, -0.05) is 13.8 Å². The maximum atomic E-state index is 12.8. The average Bonchev–Trinajstić information content (AvgIpc) is 3.15. The van der Waals surface area contributed by atoms with Gasteiger partial charge in [0.05, 0.1) is 13.2 Å². The predicted octanol–water partition coefficient (Wildman–Crippen LogP) is 1.51. The minimum absolute atomic E-state index is 0.152. The molecule has 8 nitrogen and oxygen atoms in total. The summed E-state index contributed by atoms with van der Waals surface area (Å²) < 4.78 is 10.9. The van der Waals surface area contributed by atoms with Crippen LogP contribution in [0.5, 0.6) is 0 Å². The van der Waals surface area contributed by atoms with Crippen LogP contribution in [-0.2, 0) is 11.2 Å². The number of carbonyl (C=O) groups is 1. The van der Waals surface area contributed by atoms with Crippen LogP contribution < -0.4 is 0 Å². The lowest BCUT2D eigenvalue weighted by atomic mass is 10.1. The number of aromatic amines is 1. The molecule has 1 aliphatic rings. The summed E-state index contributed by atoms with van der Waals surface area (Å²) in [4.78, 5) is 14.5. The van der Waals surface area contributed by atoms with Crippen molar-refractivity contribution < 1.29 is 13.9 Å². The van der Waals surface area contributed by atoms with Crippen LogP contribution in [0.4, 0.5) is 0 Å². The third-order valence-electron chi connectivity index (χ3n) is 3.69. The van der Waals surface area contributed by atoms with Gasteiger partial charge < -0.3 is 14.1 Å². The first-order valence-electron chi connectivity index (χ1n) is 7.77. The molecule has 3 heterocycles. The van der Waals surface area contributed by atoms with E-state index in [1.54, 1.807) is 11.8 Å². The van der Waals surface area contributed by atoms with Crippen molar-refractivity contribution in [2.24, 2.45) is 5.92 Å². The van der Waals surface area contributed by atoms with Gasteiger partial charge in [-0.05, 0) is 18.4 Å². The van der Waals surface area contributed by atoms with Crippen LogP contribution in [0.15, 0.2) is 10.5 Å². The number of rotatable bonds is 4. The third kappa shape index (κ3) is 3.42. The molecule has 1 N–H and O–H groups in total. The molecular formula is C15H21N5O3. The molecule has 0 radical (unpaired) electrons. The number of amides is 1. The number of nitrogens with zero attached hydrogens (tertiary/aromatic N) is 4. The van der Waals surface area contributed by atoms with Crippen LogP contribution >= 0.6 is 0 Å². The Labute approximate surface area is 134 Å². The van der Waals surface area contributed by atoms with E-state index < -0.39 is 0 Å². The summed E-state index contributed by atoms with van der Waals surface area (Å²) in [6, 6.07) is 1.44. The summed E-state index contributed by atoms with van der Waals surface area (Å²) in [6.07, 6.45) is 0.857. The van der Waals surface area contributed by atoms with Crippen LogP contribution in [0, 0.1) is 12.8 Å². The molecule has 1 unspecified atom stereocenters. The molecule has 2 aromatic heterocycles. The number of hydrogen-bond donors (Lipinski definition) is 1. The van der Waals surface area contributed by atoms with Gasteiger partial charge in [0.2, 0.25) is 11.8 Å². The van der Waals surface area contributed by atoms with E-state index in [0.29, 0.717) is 43.2 Å². The normalized spacial score (nSPS) is 18.6. The summed E-state index contributed by atoms with van der Waals surface area (Å²) in [5, 5.41) is 14.9. The summed E-state index contributed by atoms with van der Waals surface area (Å²) in [5.41, 5.74) is 1.37. The molecule has 0 aromatic carbocycles. The summed E-state index contributed by atoms with van der Waals surface area (Å²) in [7, 11) is 0. The highest BCUT2D eigenvalue weighted by atomic mass is 16.5. The molecule has 23 heavy (non-hydrogen) atoms. The fourth-order valence-electron chi connectivity index (χ4n) is 2.66. The van der Waals surface area contributed by atoms with Gasteiger partial charge in [-0.15, -0.1) is 10.2 Å². The van der Waals surface area contributed by atoms with E-state index in [1.165, 1.54) is 0 Å². The van der Waals surface area contributed by atoms with Gasteiger partial charge in [-0.25, -0.2) is 0 Å². The molecule has 8 heteroatoms. The highest BCUT2D eigenvalue weighted by Crippen LogP contribution is 2.25. The van der Waals surface area contributed by atoms with Gasteiger partial charge in [0.25, 0.3) is 5.91 Å². The molecule has 1 fully saturated rings. The topological polar surface area (TPSA) is 97.1 Å². The minimum atomic E-state index is -0.373. The van der Waals surface area contributed by atoms with Crippen molar-refractivity contribution in [2.75, 3.05) is 19.8 Å². The number of carbonyl (C=O) groups excluding carboxylic acids is 1. The molecule has 1 atom stereocenters. The Morgan fingerprint density at radius 2 is 2.30 bits per heavy atom. The van der Waals surface area contributed by atoms with E-state index in [1.807, 2.05) is 6.07 Å². The number of aryl methyl sites for hydroxylation is 1. The lowest BCUT2D eigenvalue weighted by molar-refractivity contribution is -0.0109. The van der Waals surface area contributed by atoms with Crippen molar-refractivity contribution in [2.45, 2.75) is 33.2 Å². The Hall–Kier alpha value is -2.22. The molecule has 1 amide bonds. The first-order chi connectivity index (χ1) is 11.0. The van der Waals surface area contributed by atoms with Gasteiger partial charge in [-0.3, -0.25) is 9.89 Å². The van der Waals surface area contributed by atoms with Crippen molar-refractivity contribution in [3.63, 3.8) is 0 Å². The fourth-order valence-corrected chi connectivity index (χ4v) is 2.66. The van der Waals surface area contributed by atoms with E-state index in [2.05, 4.69) is 34.2 Å². The molecule has 0 spiro atoms. The second kappa shape index (κ2) is 6.49.